The van der Waals surface area contributed by atoms with Crippen molar-refractivity contribution in [3.8, 4) is 11.4 Å². The van der Waals surface area contributed by atoms with Gasteiger partial charge in [-0.25, -0.2) is 9.97 Å². The molecule has 1 aromatic heterocycles. The Labute approximate surface area is 170 Å². The average molecular weight is 388 g/mol. The summed E-state index contributed by atoms with van der Waals surface area (Å²) in [7, 11) is 0. The maximum Gasteiger partial charge on any atom is 0.163 e. The predicted molar refractivity (Wildman–Crippen MR) is 115 cm³/mol. The van der Waals surface area contributed by atoms with Gasteiger partial charge in [-0.1, -0.05) is 42.5 Å². The van der Waals surface area contributed by atoms with Crippen LogP contribution < -0.4 is 10.6 Å². The second-order valence-electron chi connectivity index (χ2n) is 7.11. The van der Waals surface area contributed by atoms with Gasteiger partial charge in [-0.3, -0.25) is 4.79 Å². The summed E-state index contributed by atoms with van der Waals surface area (Å²) in [5.74, 6) is 2.06. The van der Waals surface area contributed by atoms with Crippen LogP contribution in [0.4, 0.5) is 17.3 Å². The van der Waals surface area contributed by atoms with Crippen LogP contribution in [-0.4, -0.2) is 35.0 Å². The van der Waals surface area contributed by atoms with E-state index >= 15 is 0 Å². The van der Waals surface area contributed by atoms with E-state index < -0.39 is 0 Å². The van der Waals surface area contributed by atoms with Gasteiger partial charge in [0.05, 0.1) is 6.10 Å². The quantitative estimate of drug-likeness (QED) is 0.572. The molecule has 0 spiro atoms. The molecule has 3 aromatic rings. The minimum Gasteiger partial charge on any atom is -0.376 e. The molecular formula is C23H24N4O2. The Kier molecular flexibility index (Phi) is 5.81. The van der Waals surface area contributed by atoms with Gasteiger partial charge < -0.3 is 15.4 Å². The molecule has 1 fully saturated rings. The van der Waals surface area contributed by atoms with Crippen molar-refractivity contribution in [2.45, 2.75) is 25.9 Å². The van der Waals surface area contributed by atoms with Crippen molar-refractivity contribution in [2.75, 3.05) is 23.8 Å². The fourth-order valence-corrected chi connectivity index (χ4v) is 3.31. The summed E-state index contributed by atoms with van der Waals surface area (Å²) in [5, 5.41) is 6.69. The van der Waals surface area contributed by atoms with Crippen LogP contribution in [0.3, 0.4) is 0 Å². The smallest absolute Gasteiger partial charge is 0.163 e. The molecule has 1 saturated heterocycles. The van der Waals surface area contributed by atoms with E-state index in [0.717, 1.165) is 36.5 Å². The molecule has 1 atom stereocenters. The number of anilines is 3. The molecule has 0 bridgehead atoms. The second-order valence-corrected chi connectivity index (χ2v) is 7.11. The third kappa shape index (κ3) is 4.97. The van der Waals surface area contributed by atoms with Crippen molar-refractivity contribution in [3.05, 3.63) is 66.2 Å². The summed E-state index contributed by atoms with van der Waals surface area (Å²) >= 11 is 0. The second kappa shape index (κ2) is 8.84. The lowest BCUT2D eigenvalue weighted by molar-refractivity contribution is 0.101. The summed E-state index contributed by atoms with van der Waals surface area (Å²) in [6.07, 6.45) is 2.38. The molecule has 2 N–H and O–H groups in total. The molecule has 1 unspecified atom stereocenters. The van der Waals surface area contributed by atoms with E-state index in [9.17, 15) is 4.79 Å². The van der Waals surface area contributed by atoms with Crippen LogP contribution in [0.1, 0.15) is 30.1 Å². The fourth-order valence-electron chi connectivity index (χ4n) is 3.31. The number of rotatable bonds is 7. The van der Waals surface area contributed by atoms with Crippen LogP contribution in [0.2, 0.25) is 0 Å². The van der Waals surface area contributed by atoms with Gasteiger partial charge in [0.1, 0.15) is 11.6 Å². The van der Waals surface area contributed by atoms with E-state index in [1.54, 1.807) is 13.0 Å². The maximum absolute atomic E-state index is 11.7. The van der Waals surface area contributed by atoms with E-state index in [4.69, 9.17) is 4.74 Å². The molecule has 2 aromatic carbocycles. The highest BCUT2D eigenvalue weighted by Gasteiger charge is 2.16. The third-order valence-electron chi connectivity index (χ3n) is 4.83. The van der Waals surface area contributed by atoms with E-state index in [1.807, 2.05) is 54.6 Å². The molecular weight excluding hydrogens is 364 g/mol. The molecule has 148 valence electrons. The number of aromatic nitrogens is 2. The highest BCUT2D eigenvalue weighted by Crippen LogP contribution is 2.24. The van der Waals surface area contributed by atoms with Crippen LogP contribution >= 0.6 is 0 Å². The molecule has 4 rings (SSSR count). The number of carbonyl (C=O) groups excluding carboxylic acids is 1. The normalized spacial score (nSPS) is 15.8. The number of ketones is 1. The van der Waals surface area contributed by atoms with Crippen molar-refractivity contribution >= 4 is 23.1 Å². The topological polar surface area (TPSA) is 76.1 Å². The van der Waals surface area contributed by atoms with E-state index in [2.05, 4.69) is 20.6 Å². The van der Waals surface area contributed by atoms with Crippen LogP contribution in [0.25, 0.3) is 11.4 Å². The Bertz CT molecular complexity index is 985. The highest BCUT2D eigenvalue weighted by molar-refractivity contribution is 5.95. The monoisotopic (exact) mass is 388 g/mol. The summed E-state index contributed by atoms with van der Waals surface area (Å²) < 4.78 is 5.70. The number of benzene rings is 2. The Morgan fingerprint density at radius 3 is 2.66 bits per heavy atom. The number of carbonyl (C=O) groups is 1. The number of nitrogens with zero attached hydrogens (tertiary/aromatic N) is 2. The third-order valence-corrected chi connectivity index (χ3v) is 4.83. The molecule has 29 heavy (non-hydrogen) atoms. The minimum atomic E-state index is 0.0280. The standard InChI is InChI=1S/C23H24N4O2/c1-16(28)18-9-5-10-19(13-18)25-22-14-21(24-15-20-11-6-12-29-20)26-23(27-22)17-7-3-2-4-8-17/h2-5,7-10,13-14,20H,6,11-12,15H2,1H3,(H2,24,25,26,27). The zero-order valence-corrected chi connectivity index (χ0v) is 16.4. The van der Waals surface area contributed by atoms with Crippen LogP contribution in [-0.2, 0) is 4.74 Å². The van der Waals surface area contributed by atoms with Crippen molar-refractivity contribution in [2.24, 2.45) is 0 Å². The SMILES string of the molecule is CC(=O)c1cccc(Nc2cc(NCC3CCCO3)nc(-c3ccccc3)n2)c1. The molecule has 2 heterocycles. The average Bonchev–Trinajstić information content (AvgIpc) is 3.27. The Morgan fingerprint density at radius 1 is 1.07 bits per heavy atom. The van der Waals surface area contributed by atoms with Gasteiger partial charge in [0, 0.05) is 36.0 Å². The molecule has 6 heteroatoms. The van der Waals surface area contributed by atoms with Gasteiger partial charge in [0.25, 0.3) is 0 Å². The largest absolute Gasteiger partial charge is 0.376 e. The molecule has 0 aliphatic carbocycles. The summed E-state index contributed by atoms with van der Waals surface area (Å²) in [4.78, 5) is 21.0. The number of Topliss-reactive ketones (excluding diaryl/α,β-unsaturated/α-hetero) is 1. The van der Waals surface area contributed by atoms with Gasteiger partial charge in [0.15, 0.2) is 11.6 Å². The zero-order valence-electron chi connectivity index (χ0n) is 16.4. The van der Waals surface area contributed by atoms with Crippen molar-refractivity contribution < 1.29 is 9.53 Å². The Morgan fingerprint density at radius 2 is 1.90 bits per heavy atom. The summed E-state index contributed by atoms with van der Waals surface area (Å²) in [6.45, 7) is 3.10. The first kappa shape index (κ1) is 19.1. The fraction of sp³-hybridized carbons (Fsp3) is 0.261. The first-order valence-electron chi connectivity index (χ1n) is 9.85. The summed E-state index contributed by atoms with van der Waals surface area (Å²) in [5.41, 5.74) is 2.40. The van der Waals surface area contributed by atoms with Gasteiger partial charge >= 0.3 is 0 Å². The number of hydrogen-bond donors (Lipinski definition) is 2. The summed E-state index contributed by atoms with van der Waals surface area (Å²) in [6, 6.07) is 19.1. The molecule has 0 amide bonds. The molecule has 0 radical (unpaired) electrons. The Balaban J connectivity index is 1.61. The van der Waals surface area contributed by atoms with Crippen molar-refractivity contribution in [3.63, 3.8) is 0 Å². The van der Waals surface area contributed by atoms with E-state index in [0.29, 0.717) is 23.8 Å². The lowest BCUT2D eigenvalue weighted by atomic mass is 10.1. The van der Waals surface area contributed by atoms with Gasteiger partial charge in [0.2, 0.25) is 0 Å². The van der Waals surface area contributed by atoms with Gasteiger partial charge in [-0.05, 0) is 31.9 Å². The Hall–Kier alpha value is -3.25. The lowest BCUT2D eigenvalue weighted by Crippen LogP contribution is -2.19. The molecule has 1 aliphatic heterocycles. The number of ether oxygens (including phenoxy) is 1. The van der Waals surface area contributed by atoms with Crippen LogP contribution in [0, 0.1) is 0 Å². The highest BCUT2D eigenvalue weighted by atomic mass is 16.5. The van der Waals surface area contributed by atoms with Crippen LogP contribution in [0.5, 0.6) is 0 Å². The van der Waals surface area contributed by atoms with Crippen LogP contribution in [0.15, 0.2) is 60.7 Å². The number of hydrogen-bond acceptors (Lipinski definition) is 6. The van der Waals surface area contributed by atoms with Gasteiger partial charge in [-0.15, -0.1) is 0 Å². The lowest BCUT2D eigenvalue weighted by Gasteiger charge is -2.14. The van der Waals surface area contributed by atoms with E-state index in [-0.39, 0.29) is 11.9 Å². The molecule has 6 nitrogen and oxygen atoms in total. The first-order chi connectivity index (χ1) is 14.2. The predicted octanol–water partition coefficient (Wildman–Crippen LogP) is 4.68. The van der Waals surface area contributed by atoms with Crippen molar-refractivity contribution in [1.82, 2.24) is 9.97 Å². The first-order valence-corrected chi connectivity index (χ1v) is 9.85. The molecule has 0 saturated carbocycles. The molecule has 1 aliphatic rings. The van der Waals surface area contributed by atoms with E-state index in [1.165, 1.54) is 0 Å². The maximum atomic E-state index is 11.7. The zero-order chi connectivity index (χ0) is 20.1. The van der Waals surface area contributed by atoms with Crippen molar-refractivity contribution in [1.29, 1.82) is 0 Å². The van der Waals surface area contributed by atoms with Gasteiger partial charge in [-0.2, -0.15) is 0 Å². The minimum absolute atomic E-state index is 0.0280. The number of nitrogens with one attached hydrogen (secondary N) is 2.